The number of benzene rings is 2. The highest BCUT2D eigenvalue weighted by Gasteiger charge is 2.23. The van der Waals surface area contributed by atoms with Gasteiger partial charge in [0.05, 0.1) is 10.7 Å². The lowest BCUT2D eigenvalue weighted by Gasteiger charge is -2.20. The number of aromatic nitrogens is 1. The fourth-order valence-corrected chi connectivity index (χ4v) is 3.69. The van der Waals surface area contributed by atoms with Crippen molar-refractivity contribution in [2.45, 2.75) is 19.1 Å². The van der Waals surface area contributed by atoms with Gasteiger partial charge in [0, 0.05) is 25.1 Å². The Morgan fingerprint density at radius 2 is 1.96 bits per heavy atom. The van der Waals surface area contributed by atoms with E-state index < -0.39 is 0 Å². The van der Waals surface area contributed by atoms with Gasteiger partial charge in [-0.25, -0.2) is 4.98 Å². The molecule has 2 N–H and O–H groups in total. The van der Waals surface area contributed by atoms with Crippen molar-refractivity contribution in [3.05, 3.63) is 76.8 Å². The smallest absolute Gasteiger partial charge is 0.138 e. The Balaban J connectivity index is 1.71. The molecule has 0 saturated carbocycles. The largest absolute Gasteiger partial charge is 0.484 e. The van der Waals surface area contributed by atoms with E-state index in [2.05, 4.69) is 35.1 Å². The van der Waals surface area contributed by atoms with Gasteiger partial charge in [-0.1, -0.05) is 41.9 Å². The Kier molecular flexibility index (Phi) is 5.01. The Morgan fingerprint density at radius 1 is 1.11 bits per heavy atom. The third-order valence-corrected chi connectivity index (χ3v) is 5.19. The third-order valence-electron chi connectivity index (χ3n) is 4.88. The molecule has 1 atom stereocenters. The summed E-state index contributed by atoms with van der Waals surface area (Å²) in [4.78, 5) is 6.76. The van der Waals surface area contributed by atoms with Crippen LogP contribution in [-0.4, -0.2) is 23.5 Å². The first kappa shape index (κ1) is 17.8. The van der Waals surface area contributed by atoms with Gasteiger partial charge in [-0.15, -0.1) is 0 Å². The van der Waals surface area contributed by atoms with Gasteiger partial charge < -0.3 is 15.4 Å². The molecule has 4 nitrogen and oxygen atoms in total. The summed E-state index contributed by atoms with van der Waals surface area (Å²) >= 11 is 6.30. The molecule has 1 aromatic heterocycles. The van der Waals surface area contributed by atoms with Crippen molar-refractivity contribution in [3.8, 4) is 17.0 Å². The maximum atomic E-state index is 6.31. The quantitative estimate of drug-likeness (QED) is 0.700. The number of anilines is 1. The maximum Gasteiger partial charge on any atom is 0.138 e. The molecule has 0 bridgehead atoms. The molecule has 1 aliphatic rings. The maximum absolute atomic E-state index is 6.31. The number of hydrogen-bond acceptors (Lipinski definition) is 4. The van der Waals surface area contributed by atoms with Gasteiger partial charge in [0.1, 0.15) is 17.7 Å². The van der Waals surface area contributed by atoms with Crippen molar-refractivity contribution in [1.82, 2.24) is 9.88 Å². The molecule has 2 heterocycles. The predicted molar refractivity (Wildman–Crippen MR) is 110 cm³/mol. The normalized spacial score (nSPS) is 17.2. The molecule has 138 valence electrons. The van der Waals surface area contributed by atoms with Crippen LogP contribution in [0.5, 0.6) is 5.75 Å². The molecule has 1 aliphatic heterocycles. The number of hydrogen-bond donors (Lipinski definition) is 1. The molecule has 2 aromatic carbocycles. The van der Waals surface area contributed by atoms with Crippen LogP contribution >= 0.6 is 11.6 Å². The van der Waals surface area contributed by atoms with Crippen molar-refractivity contribution >= 4 is 17.4 Å². The van der Waals surface area contributed by atoms with E-state index in [1.807, 2.05) is 36.4 Å². The van der Waals surface area contributed by atoms with Crippen LogP contribution in [0.1, 0.15) is 23.7 Å². The average Bonchev–Trinajstić information content (AvgIpc) is 2.81. The number of nitrogens with zero attached hydrogens (tertiary/aromatic N) is 2. The van der Waals surface area contributed by atoms with Gasteiger partial charge in [0.2, 0.25) is 0 Å². The standard InChI is InChI=1S/C22H22ClN3O/c1-26-12-11-20(27-21-7-3-2-5-18(21)23)17-10-9-15(13-16(17)14-26)19-6-4-8-22(24)25-19/h2-10,13,20H,11-12,14H2,1H3,(H2,24,25). The minimum atomic E-state index is -0.0345. The number of pyridine rings is 1. The third kappa shape index (κ3) is 3.92. The van der Waals surface area contributed by atoms with Crippen LogP contribution in [0.15, 0.2) is 60.7 Å². The fourth-order valence-electron chi connectivity index (χ4n) is 3.51. The zero-order valence-electron chi connectivity index (χ0n) is 15.2. The molecular formula is C22H22ClN3O. The summed E-state index contributed by atoms with van der Waals surface area (Å²) in [6.07, 6.45) is 0.873. The van der Waals surface area contributed by atoms with Gasteiger partial charge in [-0.05, 0) is 48.5 Å². The van der Waals surface area contributed by atoms with Crippen LogP contribution in [0.4, 0.5) is 5.82 Å². The minimum Gasteiger partial charge on any atom is -0.484 e. The second-order valence-electron chi connectivity index (χ2n) is 6.92. The average molecular weight is 380 g/mol. The van der Waals surface area contributed by atoms with Gasteiger partial charge in [0.25, 0.3) is 0 Å². The Morgan fingerprint density at radius 3 is 2.78 bits per heavy atom. The monoisotopic (exact) mass is 379 g/mol. The van der Waals surface area contributed by atoms with Crippen molar-refractivity contribution in [2.24, 2.45) is 0 Å². The highest BCUT2D eigenvalue weighted by atomic mass is 35.5. The van der Waals surface area contributed by atoms with Gasteiger partial charge >= 0.3 is 0 Å². The zero-order valence-corrected chi connectivity index (χ0v) is 16.0. The van der Waals surface area contributed by atoms with E-state index >= 15 is 0 Å². The summed E-state index contributed by atoms with van der Waals surface area (Å²) in [6.45, 7) is 1.82. The number of nitrogen functional groups attached to an aromatic ring is 1. The molecule has 4 rings (SSSR count). The lowest BCUT2D eigenvalue weighted by Crippen LogP contribution is -2.18. The summed E-state index contributed by atoms with van der Waals surface area (Å²) in [5, 5.41) is 0.636. The number of halogens is 1. The first-order valence-electron chi connectivity index (χ1n) is 9.05. The molecule has 1 unspecified atom stereocenters. The Labute approximate surface area is 164 Å². The molecule has 0 aliphatic carbocycles. The Bertz CT molecular complexity index is 960. The molecule has 3 aromatic rings. The van der Waals surface area contributed by atoms with Gasteiger partial charge in [-0.2, -0.15) is 0 Å². The van der Waals surface area contributed by atoms with Crippen LogP contribution in [0.3, 0.4) is 0 Å². The molecule has 0 spiro atoms. The topological polar surface area (TPSA) is 51.4 Å². The zero-order chi connectivity index (χ0) is 18.8. The minimum absolute atomic E-state index is 0.0345. The van der Waals surface area contributed by atoms with E-state index in [1.54, 1.807) is 6.07 Å². The van der Waals surface area contributed by atoms with Crippen LogP contribution in [0.2, 0.25) is 5.02 Å². The van der Waals surface area contributed by atoms with Crippen molar-refractivity contribution in [3.63, 3.8) is 0 Å². The number of ether oxygens (including phenoxy) is 1. The first-order chi connectivity index (χ1) is 13.1. The molecule has 0 saturated heterocycles. The lowest BCUT2D eigenvalue weighted by molar-refractivity contribution is 0.183. The number of fused-ring (bicyclic) bond motifs is 1. The van der Waals surface area contributed by atoms with Crippen molar-refractivity contribution in [2.75, 3.05) is 19.3 Å². The van der Waals surface area contributed by atoms with Crippen LogP contribution in [0, 0.1) is 0 Å². The molecular weight excluding hydrogens is 358 g/mol. The molecule has 0 fully saturated rings. The van der Waals surface area contributed by atoms with Crippen molar-refractivity contribution in [1.29, 1.82) is 0 Å². The van der Waals surface area contributed by atoms with E-state index in [9.17, 15) is 0 Å². The molecule has 0 radical (unpaired) electrons. The van der Waals surface area contributed by atoms with E-state index in [0.29, 0.717) is 10.8 Å². The summed E-state index contributed by atoms with van der Waals surface area (Å²) in [7, 11) is 2.13. The van der Waals surface area contributed by atoms with Crippen LogP contribution in [-0.2, 0) is 6.54 Å². The predicted octanol–water partition coefficient (Wildman–Crippen LogP) is 4.94. The summed E-state index contributed by atoms with van der Waals surface area (Å²) < 4.78 is 6.31. The SMILES string of the molecule is CN1CCC(Oc2ccccc2Cl)c2ccc(-c3cccc(N)n3)cc2C1. The highest BCUT2D eigenvalue weighted by Crippen LogP contribution is 2.35. The summed E-state index contributed by atoms with van der Waals surface area (Å²) in [5.74, 6) is 1.25. The fraction of sp³-hybridized carbons (Fsp3) is 0.227. The van der Waals surface area contributed by atoms with E-state index in [-0.39, 0.29) is 6.10 Å². The van der Waals surface area contributed by atoms with Gasteiger partial charge in [-0.3, -0.25) is 0 Å². The summed E-state index contributed by atoms with van der Waals surface area (Å²) in [5.41, 5.74) is 10.2. The van der Waals surface area contributed by atoms with Gasteiger partial charge in [0.15, 0.2) is 0 Å². The molecule has 0 amide bonds. The number of rotatable bonds is 3. The van der Waals surface area contributed by atoms with Crippen LogP contribution in [0.25, 0.3) is 11.3 Å². The molecule has 5 heteroatoms. The van der Waals surface area contributed by atoms with Crippen molar-refractivity contribution < 1.29 is 4.74 Å². The lowest BCUT2D eigenvalue weighted by atomic mass is 9.97. The molecule has 27 heavy (non-hydrogen) atoms. The number of para-hydroxylation sites is 1. The highest BCUT2D eigenvalue weighted by molar-refractivity contribution is 6.32. The van der Waals surface area contributed by atoms with E-state index in [0.717, 1.165) is 36.5 Å². The summed E-state index contributed by atoms with van der Waals surface area (Å²) in [6, 6.07) is 19.8. The van der Waals surface area contributed by atoms with Crippen LogP contribution < -0.4 is 10.5 Å². The van der Waals surface area contributed by atoms with E-state index in [1.165, 1.54) is 11.1 Å². The Hall–Kier alpha value is -2.56. The first-order valence-corrected chi connectivity index (χ1v) is 9.43. The second-order valence-corrected chi connectivity index (χ2v) is 7.33. The van der Waals surface area contributed by atoms with E-state index in [4.69, 9.17) is 22.1 Å². The number of nitrogens with two attached hydrogens (primary N) is 1. The second kappa shape index (κ2) is 7.59.